The molecule has 1 N–H and O–H groups in total. The third kappa shape index (κ3) is 2.48. The molecule has 2 bridgehead atoms. The summed E-state index contributed by atoms with van der Waals surface area (Å²) >= 11 is 0. The van der Waals surface area contributed by atoms with Crippen molar-refractivity contribution >= 4 is 11.6 Å². The van der Waals surface area contributed by atoms with Gasteiger partial charge >= 0.3 is 5.69 Å². The van der Waals surface area contributed by atoms with Crippen molar-refractivity contribution < 1.29 is 9.72 Å². The van der Waals surface area contributed by atoms with Gasteiger partial charge in [0.1, 0.15) is 6.20 Å². The minimum absolute atomic E-state index is 0.0441. The van der Waals surface area contributed by atoms with Crippen molar-refractivity contribution in [3.63, 3.8) is 0 Å². The van der Waals surface area contributed by atoms with Crippen LogP contribution in [0.2, 0.25) is 0 Å². The number of hydrogen-bond acceptors (Lipinski definition) is 4. The molecule has 1 heterocycles. The zero-order valence-electron chi connectivity index (χ0n) is 13.0. The molecular formula is C15H22N4O3. The molecule has 120 valence electrons. The second-order valence-corrected chi connectivity index (χ2v) is 6.55. The molecule has 2 aliphatic carbocycles. The summed E-state index contributed by atoms with van der Waals surface area (Å²) in [6, 6.07) is 0.0441. The van der Waals surface area contributed by atoms with E-state index < -0.39 is 4.92 Å². The van der Waals surface area contributed by atoms with E-state index >= 15 is 0 Å². The van der Waals surface area contributed by atoms with Gasteiger partial charge in [-0.1, -0.05) is 6.42 Å². The van der Waals surface area contributed by atoms with Crippen LogP contribution < -0.4 is 5.32 Å². The summed E-state index contributed by atoms with van der Waals surface area (Å²) in [5.74, 6) is 1.62. The van der Waals surface area contributed by atoms with Crippen molar-refractivity contribution in [3.05, 3.63) is 22.0 Å². The van der Waals surface area contributed by atoms with Gasteiger partial charge in [-0.2, -0.15) is 5.10 Å². The predicted molar refractivity (Wildman–Crippen MR) is 80.4 cm³/mol. The number of nitrogens with zero attached hydrogens (tertiary/aromatic N) is 3. The molecule has 2 fully saturated rings. The summed E-state index contributed by atoms with van der Waals surface area (Å²) in [5.41, 5.74) is -0.165. The predicted octanol–water partition coefficient (Wildman–Crippen LogP) is 2.37. The molecule has 0 saturated heterocycles. The van der Waals surface area contributed by atoms with Gasteiger partial charge in [0.15, 0.2) is 0 Å². The number of aryl methyl sites for hydroxylation is 1. The maximum atomic E-state index is 12.5. The second-order valence-electron chi connectivity index (χ2n) is 6.55. The number of amides is 1. The summed E-state index contributed by atoms with van der Waals surface area (Å²) in [4.78, 5) is 23.0. The van der Waals surface area contributed by atoms with Crippen LogP contribution in [0.3, 0.4) is 0 Å². The number of rotatable bonds is 5. The van der Waals surface area contributed by atoms with Crippen LogP contribution in [0.25, 0.3) is 0 Å². The van der Waals surface area contributed by atoms with Gasteiger partial charge in [-0.05, 0) is 50.9 Å². The Morgan fingerprint density at radius 3 is 2.86 bits per heavy atom. The van der Waals surface area contributed by atoms with Crippen LogP contribution in [0.15, 0.2) is 6.20 Å². The SMILES string of the molecule is CCn1ncc([N+](=O)[O-])c1C(=O)NC(C)C1CC2CCC1C2. The van der Waals surface area contributed by atoms with Gasteiger partial charge in [-0.3, -0.25) is 19.6 Å². The van der Waals surface area contributed by atoms with E-state index in [0.29, 0.717) is 18.4 Å². The van der Waals surface area contributed by atoms with Crippen molar-refractivity contribution in [1.82, 2.24) is 15.1 Å². The standard InChI is InChI=1S/C15H22N4O3/c1-3-18-14(13(8-16-18)19(21)22)15(20)17-9(2)12-7-10-4-5-11(12)6-10/h8-12H,3-7H2,1-2H3,(H,17,20). The molecule has 2 aliphatic rings. The molecule has 0 radical (unpaired) electrons. The van der Waals surface area contributed by atoms with Gasteiger partial charge in [0.05, 0.1) is 4.92 Å². The summed E-state index contributed by atoms with van der Waals surface area (Å²) < 4.78 is 1.39. The zero-order valence-corrected chi connectivity index (χ0v) is 13.0. The summed E-state index contributed by atoms with van der Waals surface area (Å²) in [6.07, 6.45) is 6.16. The van der Waals surface area contributed by atoms with Crippen molar-refractivity contribution in [2.45, 2.75) is 52.1 Å². The first-order valence-electron chi connectivity index (χ1n) is 8.02. The van der Waals surface area contributed by atoms with E-state index in [-0.39, 0.29) is 23.3 Å². The molecule has 0 spiro atoms. The van der Waals surface area contributed by atoms with Crippen LogP contribution in [0.1, 0.15) is 50.0 Å². The molecule has 0 aliphatic heterocycles. The van der Waals surface area contributed by atoms with Crippen molar-refractivity contribution in [2.24, 2.45) is 17.8 Å². The number of fused-ring (bicyclic) bond motifs is 2. The van der Waals surface area contributed by atoms with Gasteiger partial charge in [0.2, 0.25) is 5.69 Å². The highest BCUT2D eigenvalue weighted by Gasteiger charge is 2.42. The van der Waals surface area contributed by atoms with E-state index in [1.165, 1.54) is 30.4 Å². The lowest BCUT2D eigenvalue weighted by Crippen LogP contribution is -2.41. The lowest BCUT2D eigenvalue weighted by atomic mass is 9.84. The van der Waals surface area contributed by atoms with Gasteiger partial charge in [-0.25, -0.2) is 0 Å². The molecule has 3 rings (SSSR count). The molecule has 4 unspecified atom stereocenters. The average Bonchev–Trinajstić information content (AvgIpc) is 3.20. The monoisotopic (exact) mass is 306 g/mol. The molecule has 0 aromatic carbocycles. The smallest absolute Gasteiger partial charge is 0.320 e. The lowest BCUT2D eigenvalue weighted by Gasteiger charge is -2.28. The number of nitrogens with one attached hydrogen (secondary N) is 1. The lowest BCUT2D eigenvalue weighted by molar-refractivity contribution is -0.385. The highest BCUT2D eigenvalue weighted by Crippen LogP contribution is 2.49. The Hall–Kier alpha value is -1.92. The summed E-state index contributed by atoms with van der Waals surface area (Å²) in [7, 11) is 0. The molecule has 7 heteroatoms. The molecule has 7 nitrogen and oxygen atoms in total. The number of aromatic nitrogens is 2. The number of nitro groups is 1. The Morgan fingerprint density at radius 1 is 1.55 bits per heavy atom. The minimum atomic E-state index is -0.545. The molecule has 22 heavy (non-hydrogen) atoms. The molecule has 4 atom stereocenters. The molecule has 1 aromatic rings. The van der Waals surface area contributed by atoms with E-state index in [1.54, 1.807) is 0 Å². The van der Waals surface area contributed by atoms with Gasteiger partial charge in [-0.15, -0.1) is 0 Å². The summed E-state index contributed by atoms with van der Waals surface area (Å²) in [5, 5.41) is 18.0. The van der Waals surface area contributed by atoms with Crippen LogP contribution in [0.4, 0.5) is 5.69 Å². The third-order valence-electron chi connectivity index (χ3n) is 5.33. The number of carbonyl (C=O) groups excluding carboxylic acids is 1. The zero-order chi connectivity index (χ0) is 15.9. The first-order valence-corrected chi connectivity index (χ1v) is 8.02. The maximum absolute atomic E-state index is 12.5. The first-order chi connectivity index (χ1) is 10.5. The Labute approximate surface area is 129 Å². The Kier molecular flexibility index (Phi) is 3.88. The van der Waals surface area contributed by atoms with Crippen LogP contribution in [0, 0.1) is 27.9 Å². The van der Waals surface area contributed by atoms with Crippen molar-refractivity contribution in [3.8, 4) is 0 Å². The Bertz CT molecular complexity index is 598. The topological polar surface area (TPSA) is 90.1 Å². The maximum Gasteiger partial charge on any atom is 0.320 e. The van der Waals surface area contributed by atoms with Crippen LogP contribution in [0.5, 0.6) is 0 Å². The molecular weight excluding hydrogens is 284 g/mol. The fourth-order valence-electron chi connectivity index (χ4n) is 4.27. The van der Waals surface area contributed by atoms with E-state index in [9.17, 15) is 14.9 Å². The van der Waals surface area contributed by atoms with Crippen molar-refractivity contribution in [1.29, 1.82) is 0 Å². The van der Waals surface area contributed by atoms with E-state index in [4.69, 9.17) is 0 Å². The van der Waals surface area contributed by atoms with Crippen LogP contribution in [-0.4, -0.2) is 26.7 Å². The molecule has 2 saturated carbocycles. The third-order valence-corrected chi connectivity index (χ3v) is 5.33. The van der Waals surface area contributed by atoms with Crippen LogP contribution in [-0.2, 0) is 6.54 Å². The molecule has 1 aromatic heterocycles. The number of hydrogen-bond donors (Lipinski definition) is 1. The second kappa shape index (κ2) is 5.70. The minimum Gasteiger partial charge on any atom is -0.348 e. The first kappa shape index (κ1) is 15.0. The normalized spacial score (nSPS) is 27.8. The largest absolute Gasteiger partial charge is 0.348 e. The van der Waals surface area contributed by atoms with Gasteiger partial charge in [0, 0.05) is 12.6 Å². The fourth-order valence-corrected chi connectivity index (χ4v) is 4.27. The quantitative estimate of drug-likeness (QED) is 0.668. The highest BCUT2D eigenvalue weighted by atomic mass is 16.6. The number of carbonyl (C=O) groups is 1. The van der Waals surface area contributed by atoms with Crippen LogP contribution >= 0.6 is 0 Å². The van der Waals surface area contributed by atoms with E-state index in [2.05, 4.69) is 10.4 Å². The van der Waals surface area contributed by atoms with E-state index in [1.807, 2.05) is 13.8 Å². The highest BCUT2D eigenvalue weighted by molar-refractivity contribution is 5.96. The Balaban J connectivity index is 1.74. The van der Waals surface area contributed by atoms with Gasteiger partial charge < -0.3 is 5.32 Å². The van der Waals surface area contributed by atoms with Gasteiger partial charge in [0.25, 0.3) is 5.91 Å². The Morgan fingerprint density at radius 2 is 2.32 bits per heavy atom. The summed E-state index contributed by atoms with van der Waals surface area (Å²) in [6.45, 7) is 4.26. The van der Waals surface area contributed by atoms with E-state index in [0.717, 1.165) is 12.1 Å². The average molecular weight is 306 g/mol. The molecule has 1 amide bonds. The van der Waals surface area contributed by atoms with Crippen molar-refractivity contribution in [2.75, 3.05) is 0 Å². The fraction of sp³-hybridized carbons (Fsp3) is 0.733.